The predicted octanol–water partition coefficient (Wildman–Crippen LogP) is 4.67. The molecule has 4 aromatic rings. The quantitative estimate of drug-likeness (QED) is 0.242. The maximum atomic E-state index is 12.0. The zero-order chi connectivity index (χ0) is 25.3. The second kappa shape index (κ2) is 10.1. The van der Waals surface area contributed by atoms with Crippen molar-refractivity contribution in [1.82, 2.24) is 29.2 Å². The molecule has 0 amide bonds. The van der Waals surface area contributed by atoms with Crippen molar-refractivity contribution in [3.05, 3.63) is 41.2 Å². The van der Waals surface area contributed by atoms with Crippen LogP contribution in [0.1, 0.15) is 10.4 Å². The molecule has 0 saturated heterocycles. The third-order valence-electron chi connectivity index (χ3n) is 5.74. The molecule has 0 bridgehead atoms. The Morgan fingerprint density at radius 1 is 1.26 bits per heavy atom. The van der Waals surface area contributed by atoms with Crippen molar-refractivity contribution in [2.75, 3.05) is 27.2 Å². The fraction of sp³-hybridized carbons (Fsp3) is 0.417. The van der Waals surface area contributed by atoms with Gasteiger partial charge in [-0.3, -0.25) is 4.68 Å². The second-order valence-electron chi connectivity index (χ2n) is 10.1. The molecule has 0 atom stereocenters. The lowest BCUT2D eigenvalue weighted by atomic mass is 10.1. The molecule has 0 aliphatic heterocycles. The summed E-state index contributed by atoms with van der Waals surface area (Å²) >= 11 is 6.26. The SMILES string of the molecule is CN(C)CCn1nc(-c2cnc3c(n2)c(C(=O)O)cn3COCC[Si](C)(C)C)c2ccc(Cl)cc21. The molecule has 0 spiro atoms. The number of rotatable bonds is 10. The summed E-state index contributed by atoms with van der Waals surface area (Å²) in [5.41, 5.74) is 2.91. The number of carbonyl (C=O) groups is 1. The molecule has 1 N–H and O–H groups in total. The van der Waals surface area contributed by atoms with Crippen molar-refractivity contribution in [3.8, 4) is 11.4 Å². The van der Waals surface area contributed by atoms with E-state index >= 15 is 0 Å². The molecule has 3 aromatic heterocycles. The Hall–Kier alpha value is -2.79. The number of nitrogens with zero attached hydrogens (tertiary/aromatic N) is 6. The Labute approximate surface area is 210 Å². The summed E-state index contributed by atoms with van der Waals surface area (Å²) < 4.78 is 9.44. The number of ether oxygens (including phenoxy) is 1. The largest absolute Gasteiger partial charge is 0.478 e. The fourth-order valence-corrected chi connectivity index (χ4v) is 4.69. The topological polar surface area (TPSA) is 98.3 Å². The Morgan fingerprint density at radius 3 is 2.71 bits per heavy atom. The van der Waals surface area contributed by atoms with Crippen LogP contribution in [-0.2, 0) is 18.0 Å². The van der Waals surface area contributed by atoms with Crippen LogP contribution < -0.4 is 0 Å². The van der Waals surface area contributed by atoms with Gasteiger partial charge in [0.15, 0.2) is 5.65 Å². The van der Waals surface area contributed by atoms with Crippen LogP contribution in [-0.4, -0.2) is 75.6 Å². The predicted molar refractivity (Wildman–Crippen MR) is 141 cm³/mol. The number of hydrogen-bond donors (Lipinski definition) is 1. The van der Waals surface area contributed by atoms with E-state index in [4.69, 9.17) is 26.4 Å². The van der Waals surface area contributed by atoms with Gasteiger partial charge in [0.2, 0.25) is 0 Å². The van der Waals surface area contributed by atoms with Gasteiger partial charge in [0.25, 0.3) is 0 Å². The highest BCUT2D eigenvalue weighted by Gasteiger charge is 2.21. The number of halogens is 1. The molecule has 11 heteroatoms. The summed E-state index contributed by atoms with van der Waals surface area (Å²) in [6.07, 6.45) is 3.18. The van der Waals surface area contributed by atoms with E-state index in [9.17, 15) is 9.90 Å². The molecule has 186 valence electrons. The molecule has 0 unspecified atom stereocenters. The summed E-state index contributed by atoms with van der Waals surface area (Å²) in [6.45, 7) is 9.19. The first kappa shape index (κ1) is 25.3. The minimum atomic E-state index is -1.22. The van der Waals surface area contributed by atoms with E-state index < -0.39 is 14.0 Å². The van der Waals surface area contributed by atoms with Crippen LogP contribution in [0.2, 0.25) is 30.7 Å². The maximum Gasteiger partial charge on any atom is 0.339 e. The highest BCUT2D eigenvalue weighted by atomic mass is 35.5. The minimum Gasteiger partial charge on any atom is -0.478 e. The van der Waals surface area contributed by atoms with Crippen LogP contribution in [0.3, 0.4) is 0 Å². The minimum absolute atomic E-state index is 0.0857. The summed E-state index contributed by atoms with van der Waals surface area (Å²) in [4.78, 5) is 23.3. The molecule has 3 heterocycles. The Bertz CT molecular complexity index is 1380. The van der Waals surface area contributed by atoms with E-state index in [-0.39, 0.29) is 12.3 Å². The van der Waals surface area contributed by atoms with E-state index in [0.29, 0.717) is 40.7 Å². The molecule has 1 aromatic carbocycles. The van der Waals surface area contributed by atoms with Gasteiger partial charge in [-0.1, -0.05) is 31.2 Å². The lowest BCUT2D eigenvalue weighted by molar-refractivity contribution is 0.0696. The molecule has 0 saturated carbocycles. The number of benzene rings is 1. The van der Waals surface area contributed by atoms with Crippen LogP contribution in [0, 0.1) is 0 Å². The van der Waals surface area contributed by atoms with Gasteiger partial charge in [-0.25, -0.2) is 14.8 Å². The van der Waals surface area contributed by atoms with Crippen LogP contribution >= 0.6 is 11.6 Å². The highest BCUT2D eigenvalue weighted by Crippen LogP contribution is 2.30. The molecule has 0 aliphatic carbocycles. The van der Waals surface area contributed by atoms with Gasteiger partial charge in [-0.05, 0) is 38.3 Å². The van der Waals surface area contributed by atoms with Gasteiger partial charge >= 0.3 is 5.97 Å². The van der Waals surface area contributed by atoms with E-state index in [1.807, 2.05) is 37.0 Å². The van der Waals surface area contributed by atoms with Crippen molar-refractivity contribution < 1.29 is 14.6 Å². The van der Waals surface area contributed by atoms with E-state index in [1.54, 1.807) is 17.0 Å². The standard InChI is InChI=1S/C24H31ClN6O3Si/c1-29(2)8-9-31-20-12-16(25)6-7-17(20)21(28-31)19-13-26-23-22(27-19)18(24(32)33)14-30(23)15-34-10-11-35(3,4)5/h6-7,12-14H,8-11,15H2,1-5H3,(H,32,33). The van der Waals surface area contributed by atoms with Crippen LogP contribution in [0.15, 0.2) is 30.6 Å². The summed E-state index contributed by atoms with van der Waals surface area (Å²) in [7, 11) is 2.79. The van der Waals surface area contributed by atoms with Gasteiger partial charge in [0.1, 0.15) is 29.2 Å². The Morgan fingerprint density at radius 2 is 2.03 bits per heavy atom. The number of hydrogen-bond acceptors (Lipinski definition) is 6. The number of aromatic carboxylic acids is 1. The lowest BCUT2D eigenvalue weighted by Gasteiger charge is -2.15. The van der Waals surface area contributed by atoms with E-state index in [1.165, 1.54) is 0 Å². The molecule has 0 aliphatic rings. The molecule has 0 fully saturated rings. The Balaban J connectivity index is 1.73. The fourth-order valence-electron chi connectivity index (χ4n) is 3.76. The number of likely N-dealkylation sites (N-methyl/N-ethyl adjacent to an activating group) is 1. The number of carboxylic acid groups (broad SMARTS) is 1. The van der Waals surface area contributed by atoms with Gasteiger partial charge in [0, 0.05) is 37.8 Å². The Kier molecular flexibility index (Phi) is 7.27. The number of aromatic nitrogens is 5. The zero-order valence-electron chi connectivity index (χ0n) is 20.7. The summed E-state index contributed by atoms with van der Waals surface area (Å²) in [6, 6.07) is 6.63. The van der Waals surface area contributed by atoms with Crippen LogP contribution in [0.4, 0.5) is 0 Å². The zero-order valence-corrected chi connectivity index (χ0v) is 22.5. The second-order valence-corrected chi connectivity index (χ2v) is 16.2. The van der Waals surface area contributed by atoms with Crippen molar-refractivity contribution in [2.45, 2.75) is 39.0 Å². The van der Waals surface area contributed by atoms with Gasteiger partial charge in [-0.2, -0.15) is 5.10 Å². The molecule has 4 rings (SSSR count). The average Bonchev–Trinajstić information content (AvgIpc) is 3.32. The highest BCUT2D eigenvalue weighted by molar-refractivity contribution is 6.76. The third-order valence-corrected chi connectivity index (χ3v) is 7.68. The van der Waals surface area contributed by atoms with Gasteiger partial charge in [0.05, 0.1) is 18.3 Å². The number of fused-ring (bicyclic) bond motifs is 2. The number of carboxylic acids is 1. The monoisotopic (exact) mass is 514 g/mol. The van der Waals surface area contributed by atoms with Crippen molar-refractivity contribution in [3.63, 3.8) is 0 Å². The van der Waals surface area contributed by atoms with E-state index in [0.717, 1.165) is 23.5 Å². The smallest absolute Gasteiger partial charge is 0.339 e. The first-order valence-corrected chi connectivity index (χ1v) is 15.6. The molecule has 0 radical (unpaired) electrons. The average molecular weight is 515 g/mol. The molecular weight excluding hydrogens is 484 g/mol. The van der Waals surface area contributed by atoms with Crippen molar-refractivity contribution in [2.24, 2.45) is 0 Å². The summed E-state index contributed by atoms with van der Waals surface area (Å²) in [5, 5.41) is 16.1. The molecule has 9 nitrogen and oxygen atoms in total. The van der Waals surface area contributed by atoms with Gasteiger partial charge < -0.3 is 19.3 Å². The maximum absolute atomic E-state index is 12.0. The first-order valence-electron chi connectivity index (χ1n) is 11.5. The molecule has 35 heavy (non-hydrogen) atoms. The molecular formula is C24H31ClN6O3Si. The van der Waals surface area contributed by atoms with Crippen LogP contribution in [0.25, 0.3) is 33.5 Å². The van der Waals surface area contributed by atoms with E-state index in [2.05, 4.69) is 29.5 Å². The first-order chi connectivity index (χ1) is 16.5. The third kappa shape index (κ3) is 5.72. The van der Waals surface area contributed by atoms with Gasteiger partial charge in [-0.15, -0.1) is 0 Å². The van der Waals surface area contributed by atoms with Crippen LogP contribution in [0.5, 0.6) is 0 Å². The normalized spacial score (nSPS) is 12.3. The summed E-state index contributed by atoms with van der Waals surface area (Å²) in [5.74, 6) is -1.06. The van der Waals surface area contributed by atoms with Crippen molar-refractivity contribution in [1.29, 1.82) is 0 Å². The lowest BCUT2D eigenvalue weighted by Crippen LogP contribution is -2.22. The van der Waals surface area contributed by atoms with Crippen molar-refractivity contribution >= 4 is 47.7 Å².